The Hall–Kier alpha value is -1.27. The van der Waals surface area contributed by atoms with Crippen LogP contribution in [0.2, 0.25) is 0 Å². The van der Waals surface area contributed by atoms with Crippen molar-refractivity contribution in [1.82, 2.24) is 5.32 Å². The molecule has 1 rings (SSSR count). The van der Waals surface area contributed by atoms with Crippen molar-refractivity contribution >= 4 is 40.6 Å². The largest absolute Gasteiger partial charge is 0.389 e. The van der Waals surface area contributed by atoms with E-state index in [0.29, 0.717) is 11.5 Å². The third-order valence-electron chi connectivity index (χ3n) is 2.58. The molecule has 0 heterocycles. The molecule has 1 amide bonds. The number of rotatable bonds is 8. The van der Waals surface area contributed by atoms with Crippen LogP contribution in [0.4, 0.5) is 5.69 Å². The predicted molar refractivity (Wildman–Crippen MR) is 90.5 cm³/mol. The lowest BCUT2D eigenvalue weighted by atomic mass is 10.1. The van der Waals surface area contributed by atoms with Crippen LogP contribution < -0.4 is 16.4 Å². The first-order valence-corrected chi connectivity index (χ1v) is 8.05. The van der Waals surface area contributed by atoms with E-state index in [2.05, 4.69) is 17.6 Å². The average molecular weight is 311 g/mol. The SMILES string of the molecule is CCCNC(=O)CNc1cccc(SCC)c1C(N)=S. The number of benzene rings is 1. The Kier molecular flexibility index (Phi) is 7.40. The number of thioether (sulfide) groups is 1. The van der Waals surface area contributed by atoms with Crippen molar-refractivity contribution in [3.05, 3.63) is 23.8 Å². The van der Waals surface area contributed by atoms with E-state index in [1.165, 1.54) is 0 Å². The number of amides is 1. The maximum Gasteiger partial charge on any atom is 0.239 e. The van der Waals surface area contributed by atoms with Crippen LogP contribution >= 0.6 is 24.0 Å². The van der Waals surface area contributed by atoms with Crippen molar-refractivity contribution in [2.75, 3.05) is 24.2 Å². The number of hydrogen-bond donors (Lipinski definition) is 3. The van der Waals surface area contributed by atoms with Gasteiger partial charge in [-0.25, -0.2) is 0 Å². The van der Waals surface area contributed by atoms with Gasteiger partial charge in [0.25, 0.3) is 0 Å². The van der Waals surface area contributed by atoms with Gasteiger partial charge < -0.3 is 16.4 Å². The van der Waals surface area contributed by atoms with Crippen LogP contribution in [-0.2, 0) is 4.79 Å². The molecule has 0 unspecified atom stereocenters. The second-order valence-corrected chi connectivity index (χ2v) is 5.93. The molecule has 0 aliphatic rings. The molecule has 0 radical (unpaired) electrons. The lowest BCUT2D eigenvalue weighted by molar-refractivity contribution is -0.119. The molecular formula is C14H21N3OS2. The minimum Gasteiger partial charge on any atom is -0.389 e. The summed E-state index contributed by atoms with van der Waals surface area (Å²) < 4.78 is 0. The molecule has 0 aromatic heterocycles. The van der Waals surface area contributed by atoms with Gasteiger partial charge in [-0.1, -0.05) is 32.1 Å². The van der Waals surface area contributed by atoms with Crippen molar-refractivity contribution in [1.29, 1.82) is 0 Å². The fourth-order valence-corrected chi connectivity index (χ4v) is 2.85. The van der Waals surface area contributed by atoms with Crippen LogP contribution in [0.5, 0.6) is 0 Å². The van der Waals surface area contributed by atoms with Crippen LogP contribution in [0.1, 0.15) is 25.8 Å². The number of carbonyl (C=O) groups excluding carboxylic acids is 1. The fraction of sp³-hybridized carbons (Fsp3) is 0.429. The average Bonchev–Trinajstić information content (AvgIpc) is 2.43. The zero-order chi connectivity index (χ0) is 15.0. The minimum atomic E-state index is -0.0331. The van der Waals surface area contributed by atoms with Gasteiger partial charge in [0, 0.05) is 22.7 Å². The number of thiocarbonyl (C=S) groups is 1. The molecule has 0 saturated carbocycles. The molecule has 1 aromatic carbocycles. The van der Waals surface area contributed by atoms with Gasteiger partial charge in [-0.3, -0.25) is 4.79 Å². The first-order chi connectivity index (χ1) is 9.60. The minimum absolute atomic E-state index is 0.0331. The highest BCUT2D eigenvalue weighted by Crippen LogP contribution is 2.28. The Morgan fingerprint density at radius 3 is 2.75 bits per heavy atom. The molecule has 20 heavy (non-hydrogen) atoms. The smallest absolute Gasteiger partial charge is 0.239 e. The lowest BCUT2D eigenvalue weighted by Gasteiger charge is -2.14. The molecule has 0 spiro atoms. The topological polar surface area (TPSA) is 67.2 Å². The summed E-state index contributed by atoms with van der Waals surface area (Å²) in [5, 5.41) is 5.93. The van der Waals surface area contributed by atoms with Crippen molar-refractivity contribution in [3.8, 4) is 0 Å². The third kappa shape index (κ3) is 5.02. The number of hydrogen-bond acceptors (Lipinski definition) is 4. The second-order valence-electron chi connectivity index (χ2n) is 4.18. The molecule has 0 fully saturated rings. The van der Waals surface area contributed by atoms with Crippen molar-refractivity contribution < 1.29 is 4.79 Å². The number of anilines is 1. The molecule has 6 heteroatoms. The quantitative estimate of drug-likeness (QED) is 0.508. The summed E-state index contributed by atoms with van der Waals surface area (Å²) in [6, 6.07) is 5.82. The van der Waals surface area contributed by atoms with E-state index in [1.807, 2.05) is 25.1 Å². The zero-order valence-corrected chi connectivity index (χ0v) is 13.5. The first-order valence-electron chi connectivity index (χ1n) is 6.66. The van der Waals surface area contributed by atoms with Gasteiger partial charge in [-0.2, -0.15) is 0 Å². The normalized spacial score (nSPS) is 10.1. The van der Waals surface area contributed by atoms with Crippen molar-refractivity contribution in [3.63, 3.8) is 0 Å². The van der Waals surface area contributed by atoms with Gasteiger partial charge in [-0.15, -0.1) is 11.8 Å². The van der Waals surface area contributed by atoms with Gasteiger partial charge in [0.2, 0.25) is 5.91 Å². The van der Waals surface area contributed by atoms with E-state index < -0.39 is 0 Å². The highest BCUT2D eigenvalue weighted by molar-refractivity contribution is 7.99. The van der Waals surface area contributed by atoms with Gasteiger partial charge in [-0.05, 0) is 24.3 Å². The molecule has 110 valence electrons. The van der Waals surface area contributed by atoms with Gasteiger partial charge in [0.1, 0.15) is 4.99 Å². The third-order valence-corrected chi connectivity index (χ3v) is 3.73. The van der Waals surface area contributed by atoms with Gasteiger partial charge in [0.15, 0.2) is 0 Å². The summed E-state index contributed by atoms with van der Waals surface area (Å²) in [6.07, 6.45) is 0.923. The van der Waals surface area contributed by atoms with Gasteiger partial charge in [0.05, 0.1) is 6.54 Å². The van der Waals surface area contributed by atoms with Crippen LogP contribution in [0.25, 0.3) is 0 Å². The van der Waals surface area contributed by atoms with E-state index in [9.17, 15) is 4.79 Å². The summed E-state index contributed by atoms with van der Waals surface area (Å²) >= 11 is 6.81. The molecule has 0 bridgehead atoms. The summed E-state index contributed by atoms with van der Waals surface area (Å²) in [5.74, 6) is 0.907. The molecule has 4 N–H and O–H groups in total. The zero-order valence-electron chi connectivity index (χ0n) is 11.9. The van der Waals surface area contributed by atoms with Crippen LogP contribution in [0, 0.1) is 0 Å². The maximum absolute atomic E-state index is 11.6. The molecule has 4 nitrogen and oxygen atoms in total. The summed E-state index contributed by atoms with van der Waals surface area (Å²) in [5.41, 5.74) is 7.44. The Morgan fingerprint density at radius 2 is 2.15 bits per heavy atom. The standard InChI is InChI=1S/C14H21N3OS2/c1-3-8-16-12(18)9-17-10-6-5-7-11(20-4-2)13(10)14(15)19/h5-7,17H,3-4,8-9H2,1-2H3,(H2,15,19)(H,16,18). The fourth-order valence-electron chi connectivity index (χ4n) is 1.71. The molecular weight excluding hydrogens is 290 g/mol. The van der Waals surface area contributed by atoms with E-state index in [0.717, 1.165) is 28.3 Å². The van der Waals surface area contributed by atoms with E-state index >= 15 is 0 Å². The van der Waals surface area contributed by atoms with E-state index in [1.54, 1.807) is 11.8 Å². The van der Waals surface area contributed by atoms with Crippen LogP contribution in [0.3, 0.4) is 0 Å². The first kappa shape index (κ1) is 16.8. The maximum atomic E-state index is 11.6. The van der Waals surface area contributed by atoms with Gasteiger partial charge >= 0.3 is 0 Å². The molecule has 0 atom stereocenters. The van der Waals surface area contributed by atoms with Crippen molar-refractivity contribution in [2.45, 2.75) is 25.2 Å². The summed E-state index contributed by atoms with van der Waals surface area (Å²) in [6.45, 7) is 5.00. The molecule has 1 aromatic rings. The molecule has 0 aliphatic heterocycles. The predicted octanol–water partition coefficient (Wildman–Crippen LogP) is 2.37. The second kappa shape index (κ2) is 8.81. The van der Waals surface area contributed by atoms with Crippen molar-refractivity contribution in [2.24, 2.45) is 5.73 Å². The van der Waals surface area contributed by atoms with Crippen LogP contribution in [-0.4, -0.2) is 29.7 Å². The Bertz CT molecular complexity index is 477. The van der Waals surface area contributed by atoms with E-state index in [4.69, 9.17) is 18.0 Å². The molecule has 0 saturated heterocycles. The highest BCUT2D eigenvalue weighted by Gasteiger charge is 2.11. The summed E-state index contributed by atoms with van der Waals surface area (Å²) in [7, 11) is 0. The Labute approximate surface area is 129 Å². The number of nitrogens with one attached hydrogen (secondary N) is 2. The Balaban J connectivity index is 2.81. The lowest BCUT2D eigenvalue weighted by Crippen LogP contribution is -2.30. The Morgan fingerprint density at radius 1 is 1.40 bits per heavy atom. The number of carbonyl (C=O) groups is 1. The summed E-state index contributed by atoms with van der Waals surface area (Å²) in [4.78, 5) is 13.0. The number of nitrogens with two attached hydrogens (primary N) is 1. The van der Waals surface area contributed by atoms with E-state index in [-0.39, 0.29) is 12.5 Å². The monoisotopic (exact) mass is 311 g/mol. The highest BCUT2D eigenvalue weighted by atomic mass is 32.2. The molecule has 0 aliphatic carbocycles. The van der Waals surface area contributed by atoms with Crippen LogP contribution in [0.15, 0.2) is 23.1 Å².